The minimum atomic E-state index is -3.15. The van der Waals surface area contributed by atoms with E-state index in [1.807, 2.05) is 30.3 Å². The predicted octanol–water partition coefficient (Wildman–Crippen LogP) is 4.33. The van der Waals surface area contributed by atoms with Crippen molar-refractivity contribution in [2.24, 2.45) is 0 Å². The van der Waals surface area contributed by atoms with Crippen LogP contribution < -0.4 is 10.1 Å². The van der Waals surface area contributed by atoms with E-state index in [-0.39, 0.29) is 6.54 Å². The molecule has 0 fully saturated rings. The van der Waals surface area contributed by atoms with Crippen molar-refractivity contribution in [2.75, 3.05) is 5.32 Å². The van der Waals surface area contributed by atoms with Crippen molar-refractivity contribution in [3.63, 3.8) is 0 Å². The Morgan fingerprint density at radius 2 is 1.96 bits per heavy atom. The smallest absolute Gasteiger partial charge is 0.387 e. The van der Waals surface area contributed by atoms with Crippen molar-refractivity contribution in [2.45, 2.75) is 13.2 Å². The van der Waals surface area contributed by atoms with Gasteiger partial charge in [0.1, 0.15) is 10.0 Å². The van der Waals surface area contributed by atoms with Gasteiger partial charge in [0.05, 0.1) is 11.5 Å². The van der Waals surface area contributed by atoms with Gasteiger partial charge in [-0.15, -0.1) is 10.2 Å². The van der Waals surface area contributed by atoms with E-state index in [2.05, 4.69) is 20.3 Å². The Balaban J connectivity index is 1.72. The highest BCUT2D eigenvalue weighted by Gasteiger charge is 2.19. The second-order valence-electron chi connectivity index (χ2n) is 5.04. The summed E-state index contributed by atoms with van der Waals surface area (Å²) in [6.45, 7) is -2.86. The number of hydrogen-bond acceptors (Lipinski definition) is 7. The molecule has 0 aliphatic rings. The lowest BCUT2D eigenvalue weighted by Gasteiger charge is -2.08. The molecular formula is C16H12F2N4O3S. The number of nitro benzene ring substituents is 1. The molecule has 3 aromatic rings. The van der Waals surface area contributed by atoms with Crippen LogP contribution in [0.1, 0.15) is 5.01 Å². The number of nitrogens with one attached hydrogen (secondary N) is 1. The summed E-state index contributed by atoms with van der Waals surface area (Å²) in [6, 6.07) is 13.2. The van der Waals surface area contributed by atoms with Crippen LogP contribution in [0.25, 0.3) is 10.6 Å². The van der Waals surface area contributed by atoms with Gasteiger partial charge in [0.15, 0.2) is 0 Å². The topological polar surface area (TPSA) is 90.2 Å². The largest absolute Gasteiger partial charge is 0.427 e. The molecule has 1 heterocycles. The summed E-state index contributed by atoms with van der Waals surface area (Å²) in [6.07, 6.45) is 0. The summed E-state index contributed by atoms with van der Waals surface area (Å²) >= 11 is 1.38. The van der Waals surface area contributed by atoms with Crippen molar-refractivity contribution in [3.8, 4) is 16.3 Å². The number of nitrogens with zero attached hydrogens (tertiary/aromatic N) is 3. The number of ether oxygens (including phenoxy) is 1. The highest BCUT2D eigenvalue weighted by atomic mass is 32.1. The average molecular weight is 378 g/mol. The van der Waals surface area contributed by atoms with Gasteiger partial charge in [-0.1, -0.05) is 41.7 Å². The molecule has 26 heavy (non-hydrogen) atoms. The summed E-state index contributed by atoms with van der Waals surface area (Å²) in [5, 5.41) is 23.5. The summed E-state index contributed by atoms with van der Waals surface area (Å²) < 4.78 is 29.1. The molecule has 0 radical (unpaired) electrons. The van der Waals surface area contributed by atoms with Crippen LogP contribution in [0.2, 0.25) is 0 Å². The number of hydrogen-bond donors (Lipinski definition) is 1. The zero-order chi connectivity index (χ0) is 18.5. The Bertz CT molecular complexity index is 906. The molecule has 1 N–H and O–H groups in total. The van der Waals surface area contributed by atoms with Gasteiger partial charge in [-0.05, 0) is 6.07 Å². The fourth-order valence-corrected chi connectivity index (χ4v) is 2.95. The van der Waals surface area contributed by atoms with Gasteiger partial charge in [-0.3, -0.25) is 10.1 Å². The third-order valence-corrected chi connectivity index (χ3v) is 4.28. The molecule has 2 aromatic carbocycles. The van der Waals surface area contributed by atoms with Crippen LogP contribution in [-0.2, 0) is 6.54 Å². The molecule has 0 aliphatic carbocycles. The van der Waals surface area contributed by atoms with E-state index in [1.165, 1.54) is 17.4 Å². The molecule has 0 spiro atoms. The molecule has 134 valence electrons. The first-order valence-electron chi connectivity index (χ1n) is 7.38. The highest BCUT2D eigenvalue weighted by Crippen LogP contribution is 2.32. The third-order valence-electron chi connectivity index (χ3n) is 3.30. The van der Waals surface area contributed by atoms with Crippen molar-refractivity contribution >= 4 is 22.7 Å². The molecule has 0 saturated carbocycles. The zero-order valence-corrected chi connectivity index (χ0v) is 14.0. The molecule has 1 aromatic heterocycles. The van der Waals surface area contributed by atoms with E-state index < -0.39 is 23.0 Å². The standard InChI is InChI=1S/C16H12F2N4O3S/c17-16(18)25-13-8-11(6-7-12(13)22(23)24)19-9-14-20-21-15(26-14)10-4-2-1-3-5-10/h1-8,16,19H,9H2. The molecular weight excluding hydrogens is 366 g/mol. The number of nitro groups is 1. The van der Waals surface area contributed by atoms with Crippen LogP contribution in [0.3, 0.4) is 0 Å². The zero-order valence-electron chi connectivity index (χ0n) is 13.1. The molecule has 0 aliphatic heterocycles. The third kappa shape index (κ3) is 4.28. The number of benzene rings is 2. The van der Waals surface area contributed by atoms with Gasteiger partial charge in [0.2, 0.25) is 5.75 Å². The van der Waals surface area contributed by atoms with Crippen molar-refractivity contribution in [1.82, 2.24) is 10.2 Å². The molecule has 3 rings (SSSR count). The Morgan fingerprint density at radius 3 is 2.65 bits per heavy atom. The van der Waals surface area contributed by atoms with Crippen LogP contribution in [-0.4, -0.2) is 21.7 Å². The fourth-order valence-electron chi connectivity index (χ4n) is 2.17. The Kier molecular flexibility index (Phi) is 5.32. The number of aromatic nitrogens is 2. The maximum atomic E-state index is 12.4. The lowest BCUT2D eigenvalue weighted by Crippen LogP contribution is -2.06. The summed E-state index contributed by atoms with van der Waals surface area (Å²) in [7, 11) is 0. The number of anilines is 1. The number of alkyl halides is 2. The van der Waals surface area contributed by atoms with Crippen LogP contribution in [0.15, 0.2) is 48.5 Å². The summed E-state index contributed by atoms with van der Waals surface area (Å²) in [5.41, 5.74) is 0.806. The maximum absolute atomic E-state index is 12.4. The predicted molar refractivity (Wildman–Crippen MR) is 92.4 cm³/mol. The monoisotopic (exact) mass is 378 g/mol. The van der Waals surface area contributed by atoms with E-state index >= 15 is 0 Å². The first-order chi connectivity index (χ1) is 12.5. The van der Waals surface area contributed by atoms with Crippen LogP contribution in [0, 0.1) is 10.1 Å². The second-order valence-corrected chi connectivity index (χ2v) is 6.10. The van der Waals surface area contributed by atoms with Crippen LogP contribution in [0.4, 0.5) is 20.2 Å². The summed E-state index contributed by atoms with van der Waals surface area (Å²) in [4.78, 5) is 10.1. The van der Waals surface area contributed by atoms with E-state index in [0.29, 0.717) is 10.7 Å². The number of rotatable bonds is 7. The molecule has 0 bridgehead atoms. The molecule has 0 amide bonds. The average Bonchev–Trinajstić information content (AvgIpc) is 3.09. The van der Waals surface area contributed by atoms with E-state index in [4.69, 9.17) is 0 Å². The van der Waals surface area contributed by atoms with Gasteiger partial charge in [0.25, 0.3) is 0 Å². The Morgan fingerprint density at radius 1 is 1.19 bits per heavy atom. The quantitative estimate of drug-likeness (QED) is 0.486. The number of halogens is 2. The van der Waals surface area contributed by atoms with Crippen LogP contribution in [0.5, 0.6) is 5.75 Å². The van der Waals surface area contributed by atoms with Gasteiger partial charge in [0, 0.05) is 23.4 Å². The maximum Gasteiger partial charge on any atom is 0.387 e. The minimum absolute atomic E-state index is 0.288. The molecule has 7 nitrogen and oxygen atoms in total. The first kappa shape index (κ1) is 17.7. The van der Waals surface area contributed by atoms with E-state index in [0.717, 1.165) is 22.7 Å². The minimum Gasteiger partial charge on any atom is -0.427 e. The normalized spacial score (nSPS) is 10.7. The van der Waals surface area contributed by atoms with E-state index in [1.54, 1.807) is 0 Å². The lowest BCUT2D eigenvalue weighted by atomic mass is 10.2. The second kappa shape index (κ2) is 7.83. The molecule has 0 atom stereocenters. The van der Waals surface area contributed by atoms with Gasteiger partial charge in [-0.25, -0.2) is 0 Å². The molecule has 0 saturated heterocycles. The molecule has 0 unspecified atom stereocenters. The Labute approximate surface area is 150 Å². The highest BCUT2D eigenvalue weighted by molar-refractivity contribution is 7.14. The van der Waals surface area contributed by atoms with Gasteiger partial charge in [-0.2, -0.15) is 8.78 Å². The van der Waals surface area contributed by atoms with Crippen molar-refractivity contribution in [1.29, 1.82) is 0 Å². The van der Waals surface area contributed by atoms with Crippen molar-refractivity contribution < 1.29 is 18.4 Å². The Hall–Kier alpha value is -3.14. The summed E-state index contributed by atoms with van der Waals surface area (Å²) in [5.74, 6) is -0.503. The molecule has 10 heteroatoms. The van der Waals surface area contributed by atoms with Crippen LogP contribution >= 0.6 is 11.3 Å². The van der Waals surface area contributed by atoms with Gasteiger partial charge >= 0.3 is 12.3 Å². The van der Waals surface area contributed by atoms with E-state index in [9.17, 15) is 18.9 Å². The van der Waals surface area contributed by atoms with Crippen molar-refractivity contribution in [3.05, 3.63) is 63.7 Å². The fraction of sp³-hybridized carbons (Fsp3) is 0.125. The first-order valence-corrected chi connectivity index (χ1v) is 8.19. The SMILES string of the molecule is O=[N+]([O-])c1ccc(NCc2nnc(-c3ccccc3)s2)cc1OC(F)F. The lowest BCUT2D eigenvalue weighted by molar-refractivity contribution is -0.386. The van der Waals surface area contributed by atoms with Gasteiger partial charge < -0.3 is 10.1 Å².